The van der Waals surface area contributed by atoms with E-state index in [1.165, 1.54) is 22.3 Å². The standard InChI is InChI=1S/C33H38O7S/c1-21-15-27(40-20-33(36)11-13-41(37,38)14-12-33)17-25-4-2-3-23-6-5-22(16-29(23)31(21)25)19-39-26-9-7-24(8-10-26)28-18-30(28)32(34)35/h5-10,15-17,28,30,36-38H,2-4,11-14,18-20H2,1H3,(H,34,35)/t28-,30+/m1/s1. The molecule has 3 aromatic rings. The number of carbonyl (C=O) groups is 1. The summed E-state index contributed by atoms with van der Waals surface area (Å²) in [5, 5.41) is 20.1. The van der Waals surface area contributed by atoms with Crippen LogP contribution >= 0.6 is 10.6 Å². The first-order valence-corrected chi connectivity index (χ1v) is 16.3. The first-order chi connectivity index (χ1) is 19.6. The lowest BCUT2D eigenvalue weighted by molar-refractivity contribution is -0.138. The normalized spacial score (nSPS) is 22.9. The Bertz CT molecular complexity index is 1440. The van der Waals surface area contributed by atoms with Crippen LogP contribution in [0.1, 0.15) is 59.4 Å². The second-order valence-corrected chi connectivity index (χ2v) is 14.4. The van der Waals surface area contributed by atoms with Gasteiger partial charge in [0, 0.05) is 11.5 Å². The highest BCUT2D eigenvalue weighted by Crippen LogP contribution is 2.48. The zero-order chi connectivity index (χ0) is 28.8. The van der Waals surface area contributed by atoms with Crippen LogP contribution in [-0.4, -0.2) is 49.0 Å². The largest absolute Gasteiger partial charge is 0.491 e. The summed E-state index contributed by atoms with van der Waals surface area (Å²) in [6.07, 6.45) is 4.33. The molecule has 1 aliphatic heterocycles. The summed E-state index contributed by atoms with van der Waals surface area (Å²) >= 11 is 0. The molecule has 0 spiro atoms. The average Bonchev–Trinajstić information content (AvgIpc) is 3.77. The third-order valence-corrected chi connectivity index (χ3v) is 10.6. The Morgan fingerprint density at radius 3 is 2.39 bits per heavy atom. The van der Waals surface area contributed by atoms with Gasteiger partial charge in [-0.05, 0) is 121 Å². The van der Waals surface area contributed by atoms with Crippen molar-refractivity contribution in [3.63, 3.8) is 0 Å². The second kappa shape index (κ2) is 11.0. The van der Waals surface area contributed by atoms with E-state index in [1.807, 2.05) is 30.3 Å². The quantitative estimate of drug-likeness (QED) is 0.239. The molecule has 3 aromatic carbocycles. The Labute approximate surface area is 242 Å². The summed E-state index contributed by atoms with van der Waals surface area (Å²) in [6, 6.07) is 18.5. The highest BCUT2D eigenvalue weighted by atomic mass is 32.3. The molecule has 3 aliphatic rings. The highest BCUT2D eigenvalue weighted by molar-refractivity contribution is 8.24. The number of ether oxygens (including phenoxy) is 2. The molecule has 1 heterocycles. The van der Waals surface area contributed by atoms with E-state index < -0.39 is 22.2 Å². The molecule has 4 N–H and O–H groups in total. The summed E-state index contributed by atoms with van der Waals surface area (Å²) in [4.78, 5) is 11.2. The Kier molecular flexibility index (Phi) is 7.53. The van der Waals surface area contributed by atoms with Crippen molar-refractivity contribution in [2.45, 2.75) is 63.6 Å². The zero-order valence-electron chi connectivity index (χ0n) is 23.3. The number of fused-ring (bicyclic) bond motifs is 3. The molecule has 0 radical (unpaired) electrons. The topological polar surface area (TPSA) is 116 Å². The number of aliphatic hydroxyl groups is 1. The van der Waals surface area contributed by atoms with E-state index in [-0.39, 0.29) is 29.9 Å². The van der Waals surface area contributed by atoms with E-state index >= 15 is 0 Å². The second-order valence-electron chi connectivity index (χ2n) is 12.0. The zero-order valence-corrected chi connectivity index (χ0v) is 24.2. The Morgan fingerprint density at radius 2 is 1.68 bits per heavy atom. The molecule has 0 unspecified atom stereocenters. The molecule has 2 fully saturated rings. The van der Waals surface area contributed by atoms with Crippen LogP contribution < -0.4 is 9.47 Å². The number of hydrogen-bond acceptors (Lipinski definition) is 6. The number of rotatable bonds is 8. The van der Waals surface area contributed by atoms with Crippen LogP contribution in [0.3, 0.4) is 0 Å². The minimum absolute atomic E-state index is 0.112. The predicted molar refractivity (Wildman–Crippen MR) is 160 cm³/mol. The number of hydrogen-bond donors (Lipinski definition) is 4. The van der Waals surface area contributed by atoms with E-state index in [0.29, 0.717) is 25.9 Å². The van der Waals surface area contributed by atoms with Gasteiger partial charge in [0.15, 0.2) is 0 Å². The summed E-state index contributed by atoms with van der Waals surface area (Å²) in [5.41, 5.74) is 7.23. The number of benzene rings is 3. The van der Waals surface area contributed by atoms with Gasteiger partial charge in [-0.1, -0.05) is 24.3 Å². The van der Waals surface area contributed by atoms with E-state index in [1.54, 1.807) is 0 Å². The maximum absolute atomic E-state index is 11.2. The molecule has 1 saturated carbocycles. The van der Waals surface area contributed by atoms with Gasteiger partial charge in [0.2, 0.25) is 0 Å². The number of carboxylic acid groups (broad SMARTS) is 1. The lowest BCUT2D eigenvalue weighted by Crippen LogP contribution is -2.42. The molecule has 218 valence electrons. The molecule has 2 atom stereocenters. The summed E-state index contributed by atoms with van der Waals surface area (Å²) in [6.45, 7) is 2.68. The van der Waals surface area contributed by atoms with Crippen molar-refractivity contribution < 1.29 is 33.6 Å². The van der Waals surface area contributed by atoms with Crippen molar-refractivity contribution in [3.8, 4) is 22.6 Å². The molecule has 2 aliphatic carbocycles. The molecule has 0 aromatic heterocycles. The van der Waals surface area contributed by atoms with E-state index in [0.717, 1.165) is 47.5 Å². The lowest BCUT2D eigenvalue weighted by atomic mass is 9.91. The fraction of sp³-hybridized carbons (Fsp3) is 0.424. The van der Waals surface area contributed by atoms with E-state index in [4.69, 9.17) is 9.47 Å². The molecular weight excluding hydrogens is 540 g/mol. The van der Waals surface area contributed by atoms with Gasteiger partial charge in [-0.15, -0.1) is 0 Å². The van der Waals surface area contributed by atoms with Gasteiger partial charge in [0.1, 0.15) is 30.3 Å². The van der Waals surface area contributed by atoms with Crippen molar-refractivity contribution >= 4 is 16.6 Å². The number of carboxylic acids is 1. The third kappa shape index (κ3) is 6.26. The maximum Gasteiger partial charge on any atom is 0.307 e. The Morgan fingerprint density at radius 1 is 0.951 bits per heavy atom. The van der Waals surface area contributed by atoms with Crippen molar-refractivity contribution in [3.05, 3.63) is 82.4 Å². The molecule has 1 saturated heterocycles. The van der Waals surface area contributed by atoms with Crippen molar-refractivity contribution in [1.82, 2.24) is 0 Å². The van der Waals surface area contributed by atoms with Crippen LogP contribution in [0.2, 0.25) is 0 Å². The fourth-order valence-electron chi connectivity index (χ4n) is 6.23. The minimum atomic E-state index is -2.56. The summed E-state index contributed by atoms with van der Waals surface area (Å²) in [7, 11) is -2.56. The van der Waals surface area contributed by atoms with Gasteiger partial charge in [-0.3, -0.25) is 13.9 Å². The first kappa shape index (κ1) is 28.1. The molecule has 0 amide bonds. The predicted octanol–water partition coefficient (Wildman–Crippen LogP) is 6.57. The van der Waals surface area contributed by atoms with Crippen LogP contribution in [0, 0.1) is 12.8 Å². The van der Waals surface area contributed by atoms with Gasteiger partial charge in [0.25, 0.3) is 0 Å². The highest BCUT2D eigenvalue weighted by Gasteiger charge is 2.44. The summed E-state index contributed by atoms with van der Waals surface area (Å²) < 4.78 is 32.0. The average molecular weight is 579 g/mol. The molecule has 7 nitrogen and oxygen atoms in total. The van der Waals surface area contributed by atoms with Crippen LogP contribution in [0.15, 0.2) is 54.6 Å². The van der Waals surface area contributed by atoms with Gasteiger partial charge < -0.3 is 19.7 Å². The Hall–Kier alpha value is -3.04. The first-order valence-electron chi connectivity index (χ1n) is 14.4. The van der Waals surface area contributed by atoms with Crippen LogP contribution in [0.25, 0.3) is 11.1 Å². The van der Waals surface area contributed by atoms with Crippen molar-refractivity contribution in [2.24, 2.45) is 5.92 Å². The van der Waals surface area contributed by atoms with Crippen LogP contribution in [-0.2, 0) is 24.2 Å². The number of aliphatic carboxylic acids is 1. The Balaban J connectivity index is 1.15. The van der Waals surface area contributed by atoms with Gasteiger partial charge in [0.05, 0.1) is 5.92 Å². The number of aryl methyl sites for hydroxylation is 3. The molecular formula is C33H38O7S. The molecule has 41 heavy (non-hydrogen) atoms. The maximum atomic E-state index is 11.2. The minimum Gasteiger partial charge on any atom is -0.491 e. The fourth-order valence-corrected chi connectivity index (χ4v) is 7.85. The lowest BCUT2D eigenvalue weighted by Gasteiger charge is -2.43. The van der Waals surface area contributed by atoms with Gasteiger partial charge in [-0.2, -0.15) is 10.6 Å². The molecule has 0 bridgehead atoms. The van der Waals surface area contributed by atoms with E-state index in [9.17, 15) is 24.1 Å². The molecule has 6 rings (SSSR count). The smallest absolute Gasteiger partial charge is 0.307 e. The van der Waals surface area contributed by atoms with Crippen LogP contribution in [0.4, 0.5) is 0 Å². The SMILES string of the molecule is Cc1cc(OCC2(O)CCS(O)(O)CC2)cc2c1-c1cc(COc3ccc([C@H]4C[C@@H]4C(=O)O)cc3)ccc1CCC2. The monoisotopic (exact) mass is 578 g/mol. The van der Waals surface area contributed by atoms with Crippen molar-refractivity contribution in [2.75, 3.05) is 18.1 Å². The molecule has 8 heteroatoms. The van der Waals surface area contributed by atoms with Crippen molar-refractivity contribution in [1.29, 1.82) is 0 Å². The summed E-state index contributed by atoms with van der Waals surface area (Å²) in [5.74, 6) is 1.07. The van der Waals surface area contributed by atoms with Gasteiger partial charge >= 0.3 is 5.97 Å². The van der Waals surface area contributed by atoms with Crippen LogP contribution in [0.5, 0.6) is 11.5 Å². The van der Waals surface area contributed by atoms with Gasteiger partial charge in [-0.25, -0.2) is 0 Å². The third-order valence-electron chi connectivity index (χ3n) is 8.84. The van der Waals surface area contributed by atoms with E-state index in [2.05, 4.69) is 31.2 Å².